The van der Waals surface area contributed by atoms with Crippen molar-refractivity contribution in [3.05, 3.63) is 72.9 Å². The van der Waals surface area contributed by atoms with E-state index in [1.807, 2.05) is 0 Å². The Bertz CT molecular complexity index is 770. The van der Waals surface area contributed by atoms with E-state index in [4.69, 9.17) is 9.84 Å². The lowest BCUT2D eigenvalue weighted by molar-refractivity contribution is -0.149. The number of ether oxygens (including phenoxy) is 1. The zero-order valence-corrected chi connectivity index (χ0v) is 25.6. The molecule has 0 fully saturated rings. The van der Waals surface area contributed by atoms with E-state index in [2.05, 4.69) is 86.8 Å². The first kappa shape index (κ1) is 37.4. The molecule has 0 aromatic carbocycles. The lowest BCUT2D eigenvalue weighted by Gasteiger charge is -2.17. The van der Waals surface area contributed by atoms with Crippen molar-refractivity contribution in [3.8, 4) is 0 Å². The first-order valence-corrected chi connectivity index (χ1v) is 15.9. The van der Waals surface area contributed by atoms with Crippen LogP contribution in [-0.4, -0.2) is 23.1 Å². The van der Waals surface area contributed by atoms with Crippen LogP contribution in [0.4, 0.5) is 0 Å². The molecule has 0 heterocycles. The van der Waals surface area contributed by atoms with E-state index in [1.54, 1.807) is 0 Å². The van der Waals surface area contributed by atoms with Crippen molar-refractivity contribution in [1.29, 1.82) is 0 Å². The summed E-state index contributed by atoms with van der Waals surface area (Å²) in [6.45, 7) is 4.32. The number of carboxylic acid groups (broad SMARTS) is 1. The number of rotatable bonds is 27. The second-order valence-corrected chi connectivity index (χ2v) is 10.3. The predicted molar refractivity (Wildman–Crippen MR) is 171 cm³/mol. The fourth-order valence-electron chi connectivity index (χ4n) is 4.13. The molecular formula is C36H58O4. The Morgan fingerprint density at radius 3 is 1.52 bits per heavy atom. The van der Waals surface area contributed by atoms with Gasteiger partial charge < -0.3 is 9.84 Å². The van der Waals surface area contributed by atoms with Crippen LogP contribution in [0.3, 0.4) is 0 Å². The van der Waals surface area contributed by atoms with E-state index in [1.165, 1.54) is 0 Å². The molecule has 0 bridgehead atoms. The average Bonchev–Trinajstić information content (AvgIpc) is 2.94. The highest BCUT2D eigenvalue weighted by Gasteiger charge is 2.13. The van der Waals surface area contributed by atoms with Gasteiger partial charge in [0.2, 0.25) is 0 Å². The van der Waals surface area contributed by atoms with Crippen molar-refractivity contribution < 1.29 is 19.4 Å². The molecular weight excluding hydrogens is 496 g/mol. The molecule has 4 heteroatoms. The molecule has 0 aliphatic carbocycles. The van der Waals surface area contributed by atoms with E-state index >= 15 is 0 Å². The molecule has 0 aromatic heterocycles. The summed E-state index contributed by atoms with van der Waals surface area (Å²) in [7, 11) is 0. The van der Waals surface area contributed by atoms with Gasteiger partial charge in [-0.1, -0.05) is 125 Å². The minimum absolute atomic E-state index is 0.0322. The summed E-state index contributed by atoms with van der Waals surface area (Å²) < 4.78 is 5.79. The van der Waals surface area contributed by atoms with Gasteiger partial charge in [0.25, 0.3) is 0 Å². The molecule has 1 N–H and O–H groups in total. The van der Waals surface area contributed by atoms with Crippen LogP contribution in [0.2, 0.25) is 0 Å². The van der Waals surface area contributed by atoms with Crippen LogP contribution in [0.5, 0.6) is 0 Å². The highest BCUT2D eigenvalue weighted by molar-refractivity contribution is 5.69. The van der Waals surface area contributed by atoms with Crippen LogP contribution in [-0.2, 0) is 14.3 Å². The molecule has 4 nitrogen and oxygen atoms in total. The molecule has 0 spiro atoms. The van der Waals surface area contributed by atoms with Gasteiger partial charge in [-0.2, -0.15) is 0 Å². The van der Waals surface area contributed by atoms with Crippen molar-refractivity contribution in [2.75, 3.05) is 0 Å². The highest BCUT2D eigenvalue weighted by atomic mass is 16.5. The number of esters is 1. The van der Waals surface area contributed by atoms with E-state index in [9.17, 15) is 9.59 Å². The summed E-state index contributed by atoms with van der Waals surface area (Å²) in [6.07, 6.45) is 43.8. The Balaban J connectivity index is 3.89. The van der Waals surface area contributed by atoms with Gasteiger partial charge >= 0.3 is 11.9 Å². The average molecular weight is 555 g/mol. The number of hydrogen-bond acceptors (Lipinski definition) is 3. The van der Waals surface area contributed by atoms with E-state index in [-0.39, 0.29) is 18.5 Å². The van der Waals surface area contributed by atoms with Crippen LogP contribution in [0.1, 0.15) is 136 Å². The normalized spacial score (nSPS) is 13.2. The Morgan fingerprint density at radius 1 is 0.575 bits per heavy atom. The van der Waals surface area contributed by atoms with Gasteiger partial charge in [0.1, 0.15) is 6.10 Å². The minimum atomic E-state index is -0.707. The summed E-state index contributed by atoms with van der Waals surface area (Å²) in [4.78, 5) is 22.9. The van der Waals surface area contributed by atoms with Gasteiger partial charge in [-0.05, 0) is 70.6 Å². The van der Waals surface area contributed by atoms with E-state index in [0.717, 1.165) is 109 Å². The maximum Gasteiger partial charge on any atom is 0.306 e. The minimum Gasteiger partial charge on any atom is -0.481 e. The number of carboxylic acids is 1. The summed E-state index contributed by atoms with van der Waals surface area (Å²) in [5.74, 6) is -0.796. The molecule has 0 saturated carbocycles. The third-order valence-electron chi connectivity index (χ3n) is 6.46. The van der Waals surface area contributed by atoms with Crippen molar-refractivity contribution in [2.24, 2.45) is 0 Å². The van der Waals surface area contributed by atoms with Gasteiger partial charge in [0.15, 0.2) is 0 Å². The number of allylic oxidation sites excluding steroid dienone is 12. The van der Waals surface area contributed by atoms with Crippen LogP contribution < -0.4 is 0 Å². The standard InChI is InChI=1S/C36H58O4/c1-3-5-7-8-9-10-11-12-13-14-15-16-17-18-19-20-21-26-29-33-36(39)40-34(30-6-4-2)31-27-24-22-23-25-28-32-35(37)38/h5,7,9-10,12-13,15-16,18-19,21,26,34H,3-4,6,8,11,14,17,20,22-25,27-33H2,1-2H3,(H,37,38)/b7-5-,10-9-,13-12-,16-15-,19-18-,26-21-. The predicted octanol–water partition coefficient (Wildman–Crippen LogP) is 10.8. The Hall–Kier alpha value is -2.62. The van der Waals surface area contributed by atoms with E-state index in [0.29, 0.717) is 6.42 Å². The third kappa shape index (κ3) is 29.9. The smallest absolute Gasteiger partial charge is 0.306 e. The molecule has 226 valence electrons. The molecule has 0 aliphatic rings. The molecule has 0 rings (SSSR count). The Kier molecular flexibility index (Phi) is 28.9. The van der Waals surface area contributed by atoms with Crippen LogP contribution in [0.15, 0.2) is 72.9 Å². The third-order valence-corrected chi connectivity index (χ3v) is 6.46. The Labute approximate surface area is 246 Å². The van der Waals surface area contributed by atoms with Gasteiger partial charge in [-0.3, -0.25) is 9.59 Å². The number of hydrogen-bond donors (Lipinski definition) is 1. The second-order valence-electron chi connectivity index (χ2n) is 10.3. The summed E-state index contributed by atoms with van der Waals surface area (Å²) in [5.41, 5.74) is 0. The summed E-state index contributed by atoms with van der Waals surface area (Å²) >= 11 is 0. The number of aliphatic carboxylic acids is 1. The van der Waals surface area contributed by atoms with Gasteiger partial charge in [-0.15, -0.1) is 0 Å². The molecule has 1 atom stereocenters. The van der Waals surface area contributed by atoms with Crippen molar-refractivity contribution in [2.45, 2.75) is 142 Å². The maximum atomic E-state index is 12.3. The molecule has 0 aliphatic heterocycles. The number of carbonyl (C=O) groups is 2. The molecule has 0 aromatic rings. The van der Waals surface area contributed by atoms with Gasteiger partial charge in [0.05, 0.1) is 0 Å². The zero-order chi connectivity index (χ0) is 29.4. The molecule has 40 heavy (non-hydrogen) atoms. The quantitative estimate of drug-likeness (QED) is 0.0623. The summed E-state index contributed by atoms with van der Waals surface area (Å²) in [5, 5.41) is 8.69. The van der Waals surface area contributed by atoms with Crippen LogP contribution >= 0.6 is 0 Å². The molecule has 0 radical (unpaired) electrons. The first-order valence-electron chi connectivity index (χ1n) is 15.9. The topological polar surface area (TPSA) is 63.6 Å². The number of carbonyl (C=O) groups excluding carboxylic acids is 1. The van der Waals surface area contributed by atoms with Gasteiger partial charge in [0, 0.05) is 12.8 Å². The first-order chi connectivity index (χ1) is 19.6. The SMILES string of the molecule is CC/C=C\C/C=C\C/C=C\C/C=C\C/C=C\C/C=C\CCC(=O)OC(CCCC)CCCCCCCCC(=O)O. The van der Waals surface area contributed by atoms with E-state index < -0.39 is 5.97 Å². The zero-order valence-electron chi connectivity index (χ0n) is 25.6. The van der Waals surface area contributed by atoms with Crippen molar-refractivity contribution >= 4 is 11.9 Å². The lowest BCUT2D eigenvalue weighted by Crippen LogP contribution is -2.18. The van der Waals surface area contributed by atoms with Crippen molar-refractivity contribution in [1.82, 2.24) is 0 Å². The monoisotopic (exact) mass is 554 g/mol. The Morgan fingerprint density at radius 2 is 1.02 bits per heavy atom. The highest BCUT2D eigenvalue weighted by Crippen LogP contribution is 2.16. The summed E-state index contributed by atoms with van der Waals surface area (Å²) in [6, 6.07) is 0. The maximum absolute atomic E-state index is 12.3. The fraction of sp³-hybridized carbons (Fsp3) is 0.611. The molecule has 0 saturated heterocycles. The second kappa shape index (κ2) is 30.9. The van der Waals surface area contributed by atoms with Crippen LogP contribution in [0, 0.1) is 0 Å². The molecule has 1 unspecified atom stereocenters. The lowest BCUT2D eigenvalue weighted by atomic mass is 10.0. The van der Waals surface area contributed by atoms with Crippen molar-refractivity contribution in [3.63, 3.8) is 0 Å². The van der Waals surface area contributed by atoms with Crippen LogP contribution in [0.25, 0.3) is 0 Å². The fourth-order valence-corrected chi connectivity index (χ4v) is 4.13. The van der Waals surface area contributed by atoms with Gasteiger partial charge in [-0.25, -0.2) is 0 Å². The molecule has 0 amide bonds. The largest absolute Gasteiger partial charge is 0.481 e. The number of unbranched alkanes of at least 4 members (excludes halogenated alkanes) is 6.